The fraction of sp³-hybridized carbons (Fsp3) is 0. The van der Waals surface area contributed by atoms with Crippen molar-refractivity contribution in [3.05, 3.63) is 96.6 Å². The second kappa shape index (κ2) is 6.32. The predicted molar refractivity (Wildman–Crippen MR) is 94.4 cm³/mol. The van der Waals surface area contributed by atoms with E-state index in [-0.39, 0.29) is 5.69 Å². The van der Waals surface area contributed by atoms with Gasteiger partial charge >= 0.3 is 0 Å². The molecule has 0 atom stereocenters. The van der Waals surface area contributed by atoms with Crippen LogP contribution in [0.4, 0.5) is 8.78 Å². The Morgan fingerprint density at radius 1 is 0.680 bits per heavy atom. The van der Waals surface area contributed by atoms with Crippen LogP contribution in [0, 0.1) is 11.6 Å². The highest BCUT2D eigenvalue weighted by Crippen LogP contribution is 2.29. The molecule has 0 aliphatic rings. The monoisotopic (exact) mass is 332 g/mol. The van der Waals surface area contributed by atoms with Crippen molar-refractivity contribution < 1.29 is 8.78 Å². The molecule has 0 N–H and O–H groups in total. The van der Waals surface area contributed by atoms with Gasteiger partial charge in [0.1, 0.15) is 17.3 Å². The van der Waals surface area contributed by atoms with Crippen molar-refractivity contribution in [2.24, 2.45) is 0 Å². The second-order valence-electron chi connectivity index (χ2n) is 5.65. The molecule has 25 heavy (non-hydrogen) atoms. The lowest BCUT2D eigenvalue weighted by Gasteiger charge is -2.08. The lowest BCUT2D eigenvalue weighted by atomic mass is 10.1. The molecule has 4 rings (SSSR count). The summed E-state index contributed by atoms with van der Waals surface area (Å²) in [6.45, 7) is 0. The van der Waals surface area contributed by atoms with Crippen molar-refractivity contribution in [3.8, 4) is 28.2 Å². The molecular formula is C21H14F2N2. The minimum atomic E-state index is -0.527. The molecule has 122 valence electrons. The summed E-state index contributed by atoms with van der Waals surface area (Å²) in [4.78, 5) is 0. The van der Waals surface area contributed by atoms with Gasteiger partial charge in [-0.3, -0.25) is 0 Å². The maximum absolute atomic E-state index is 14.3. The largest absolute Gasteiger partial charge is 0.229 e. The van der Waals surface area contributed by atoms with Crippen molar-refractivity contribution >= 4 is 0 Å². The van der Waals surface area contributed by atoms with E-state index in [1.807, 2.05) is 66.7 Å². The van der Waals surface area contributed by atoms with E-state index in [1.165, 1.54) is 4.68 Å². The predicted octanol–water partition coefficient (Wildman–Crippen LogP) is 5.48. The fourth-order valence-corrected chi connectivity index (χ4v) is 2.78. The van der Waals surface area contributed by atoms with Crippen molar-refractivity contribution in [1.29, 1.82) is 0 Å². The van der Waals surface area contributed by atoms with Crippen molar-refractivity contribution in [3.63, 3.8) is 0 Å². The number of hydrogen-bond donors (Lipinski definition) is 0. The summed E-state index contributed by atoms with van der Waals surface area (Å²) >= 11 is 0. The van der Waals surface area contributed by atoms with Gasteiger partial charge in [-0.15, -0.1) is 0 Å². The Morgan fingerprint density at radius 3 is 2.00 bits per heavy atom. The van der Waals surface area contributed by atoms with Crippen LogP contribution in [0.2, 0.25) is 0 Å². The van der Waals surface area contributed by atoms with E-state index in [9.17, 15) is 8.78 Å². The van der Waals surface area contributed by atoms with Crippen LogP contribution in [0.25, 0.3) is 28.2 Å². The van der Waals surface area contributed by atoms with Crippen LogP contribution in [-0.2, 0) is 0 Å². The van der Waals surface area contributed by atoms with E-state index in [0.29, 0.717) is 11.4 Å². The molecular weight excluding hydrogens is 318 g/mol. The maximum Gasteiger partial charge on any atom is 0.149 e. The van der Waals surface area contributed by atoms with Crippen LogP contribution in [0.1, 0.15) is 0 Å². The van der Waals surface area contributed by atoms with Gasteiger partial charge in [0.05, 0.1) is 11.4 Å². The maximum atomic E-state index is 14.3. The quantitative estimate of drug-likeness (QED) is 0.485. The number of benzene rings is 3. The van der Waals surface area contributed by atoms with Crippen LogP contribution in [-0.4, -0.2) is 9.78 Å². The average Bonchev–Trinajstić information content (AvgIpc) is 3.10. The summed E-state index contributed by atoms with van der Waals surface area (Å²) in [5.74, 6) is -1.03. The molecule has 1 aromatic heterocycles. The zero-order valence-electron chi connectivity index (χ0n) is 13.2. The third kappa shape index (κ3) is 2.94. The van der Waals surface area contributed by atoms with Crippen LogP contribution in [0.15, 0.2) is 84.9 Å². The summed E-state index contributed by atoms with van der Waals surface area (Å²) in [5.41, 5.74) is 3.27. The minimum Gasteiger partial charge on any atom is -0.229 e. The summed E-state index contributed by atoms with van der Waals surface area (Å²) < 4.78 is 29.5. The number of nitrogens with zero attached hydrogens (tertiary/aromatic N) is 2. The highest BCUT2D eigenvalue weighted by molar-refractivity contribution is 5.70. The number of aromatic nitrogens is 2. The van der Waals surface area contributed by atoms with Crippen LogP contribution in [0.5, 0.6) is 0 Å². The van der Waals surface area contributed by atoms with Crippen LogP contribution in [0.3, 0.4) is 0 Å². The molecule has 1 heterocycles. The summed E-state index contributed by atoms with van der Waals surface area (Å²) in [5, 5.41) is 4.54. The molecule has 0 saturated carbocycles. The van der Waals surface area contributed by atoms with E-state index >= 15 is 0 Å². The van der Waals surface area contributed by atoms with Gasteiger partial charge in [0, 0.05) is 17.2 Å². The Labute approximate surface area is 144 Å². The molecule has 2 nitrogen and oxygen atoms in total. The molecule has 0 unspecified atom stereocenters. The third-order valence-corrected chi connectivity index (χ3v) is 3.98. The zero-order chi connectivity index (χ0) is 17.2. The summed E-state index contributed by atoms with van der Waals surface area (Å²) in [7, 11) is 0. The molecule has 4 aromatic rings. The van der Waals surface area contributed by atoms with Gasteiger partial charge in [-0.1, -0.05) is 60.7 Å². The van der Waals surface area contributed by atoms with Gasteiger partial charge in [-0.2, -0.15) is 5.10 Å². The molecule has 0 bridgehead atoms. The molecule has 0 aliphatic carbocycles. The van der Waals surface area contributed by atoms with E-state index in [0.717, 1.165) is 29.3 Å². The third-order valence-electron chi connectivity index (χ3n) is 3.98. The molecule has 0 fully saturated rings. The lowest BCUT2D eigenvalue weighted by molar-refractivity contribution is 0.587. The smallest absolute Gasteiger partial charge is 0.149 e. The SMILES string of the molecule is Fc1ccc(F)c(-n2nc(-c3ccccc3)cc2-c2ccccc2)c1. The Morgan fingerprint density at radius 2 is 1.32 bits per heavy atom. The van der Waals surface area contributed by atoms with Crippen molar-refractivity contribution in [2.45, 2.75) is 0 Å². The minimum absolute atomic E-state index is 0.0843. The molecule has 0 saturated heterocycles. The van der Waals surface area contributed by atoms with Crippen LogP contribution >= 0.6 is 0 Å². The normalized spacial score (nSPS) is 10.8. The highest BCUT2D eigenvalue weighted by atomic mass is 19.1. The number of hydrogen-bond acceptors (Lipinski definition) is 1. The Kier molecular flexibility index (Phi) is 3.86. The molecule has 0 amide bonds. The first-order chi connectivity index (χ1) is 12.2. The number of rotatable bonds is 3. The molecule has 0 radical (unpaired) electrons. The molecule has 0 aliphatic heterocycles. The van der Waals surface area contributed by atoms with E-state index in [2.05, 4.69) is 5.10 Å². The van der Waals surface area contributed by atoms with E-state index in [1.54, 1.807) is 0 Å². The standard InChI is InChI=1S/C21H14F2N2/c22-17-11-12-18(23)21(13-17)25-20(16-9-5-2-6-10-16)14-19(24-25)15-7-3-1-4-8-15/h1-14H. The van der Waals surface area contributed by atoms with Crippen LogP contribution < -0.4 is 0 Å². The first-order valence-electron chi connectivity index (χ1n) is 7.89. The van der Waals surface area contributed by atoms with Gasteiger partial charge in [0.25, 0.3) is 0 Å². The average molecular weight is 332 g/mol. The molecule has 4 heteroatoms. The molecule has 3 aromatic carbocycles. The van der Waals surface area contributed by atoms with Crippen molar-refractivity contribution in [1.82, 2.24) is 9.78 Å². The van der Waals surface area contributed by atoms with E-state index in [4.69, 9.17) is 0 Å². The fourth-order valence-electron chi connectivity index (χ4n) is 2.78. The van der Waals surface area contributed by atoms with Gasteiger partial charge in [0.2, 0.25) is 0 Å². The highest BCUT2D eigenvalue weighted by Gasteiger charge is 2.16. The van der Waals surface area contributed by atoms with Gasteiger partial charge < -0.3 is 0 Å². The second-order valence-corrected chi connectivity index (χ2v) is 5.65. The zero-order valence-corrected chi connectivity index (χ0v) is 13.2. The summed E-state index contributed by atoms with van der Waals surface area (Å²) in [6.07, 6.45) is 0. The number of halogens is 2. The van der Waals surface area contributed by atoms with Gasteiger partial charge in [-0.25, -0.2) is 13.5 Å². The topological polar surface area (TPSA) is 17.8 Å². The Balaban J connectivity index is 1.96. The van der Waals surface area contributed by atoms with Gasteiger partial charge in [0.15, 0.2) is 0 Å². The van der Waals surface area contributed by atoms with Gasteiger partial charge in [-0.05, 0) is 18.2 Å². The van der Waals surface area contributed by atoms with E-state index < -0.39 is 11.6 Å². The van der Waals surface area contributed by atoms with Crippen molar-refractivity contribution in [2.75, 3.05) is 0 Å². The molecule has 0 spiro atoms. The summed E-state index contributed by atoms with van der Waals surface area (Å²) in [6, 6.07) is 24.4. The Bertz CT molecular complexity index is 1010. The lowest BCUT2D eigenvalue weighted by Crippen LogP contribution is -2.03. The first kappa shape index (κ1) is 15.3. The first-order valence-corrected chi connectivity index (χ1v) is 7.89. The Hall–Kier alpha value is -3.27.